The number of thiocarbonyl (C=S) groups is 1. The van der Waals surface area contributed by atoms with E-state index in [2.05, 4.69) is 67.5 Å². The van der Waals surface area contributed by atoms with Crippen LogP contribution in [0.5, 0.6) is 23.0 Å². The molecule has 4 aromatic heterocycles. The molecule has 0 bridgehead atoms. The van der Waals surface area contributed by atoms with Gasteiger partial charge in [-0.15, -0.1) is 55.8 Å². The molecule has 12 aromatic rings. The normalized spacial score (nSPS) is 9.66. The topological polar surface area (TPSA) is 338 Å². The smallest absolute Gasteiger partial charge is 0.508 e. The molecule has 0 saturated carbocycles. The van der Waals surface area contributed by atoms with Crippen LogP contribution in [0.2, 0.25) is 20.1 Å². The monoisotopic (exact) mass is 1570 g/mol. The fourth-order valence-corrected chi connectivity index (χ4v) is 11.2. The average molecular weight is 1570 g/mol. The molecule has 4 heterocycles. The summed E-state index contributed by atoms with van der Waals surface area (Å²) in [5.74, 6) is 2.49. The third kappa shape index (κ3) is 28.8. The molecular weight excluding hydrogens is 1520 g/mol. The Morgan fingerprint density at radius 1 is 0.606 bits per heavy atom. The van der Waals surface area contributed by atoms with E-state index in [9.17, 15) is 9.90 Å². The Morgan fingerprint density at radius 2 is 0.980 bits per heavy atom. The fourth-order valence-electron chi connectivity index (χ4n) is 7.64. The van der Waals surface area contributed by atoms with E-state index in [1.54, 1.807) is 78.9 Å². The van der Waals surface area contributed by atoms with Gasteiger partial charge in [-0.3, -0.25) is 9.71 Å². The maximum Gasteiger partial charge on any atom is 1.00 e. The number of hydrogen-bond donors (Lipinski definition) is 7. The number of carbonyl (C=O) groups is 1. The number of aromatic amines is 1. The first-order valence-electron chi connectivity index (χ1n) is 28.1. The van der Waals surface area contributed by atoms with E-state index in [1.165, 1.54) is 38.9 Å². The zero-order valence-corrected chi connectivity index (χ0v) is 62.4. The van der Waals surface area contributed by atoms with Gasteiger partial charge in [-0.1, -0.05) is 159 Å². The zero-order chi connectivity index (χ0) is 70.4. The van der Waals surface area contributed by atoms with Crippen molar-refractivity contribution in [1.29, 1.82) is 10.5 Å². The molecule has 0 radical (unpaired) electrons. The van der Waals surface area contributed by atoms with Crippen LogP contribution >= 0.6 is 120 Å². The Hall–Kier alpha value is -8.90. The summed E-state index contributed by atoms with van der Waals surface area (Å²) in [5.41, 5.74) is 28.4. The second-order valence-electron chi connectivity index (χ2n) is 18.8. The molecule has 0 saturated heterocycles. The predicted octanol–water partition coefficient (Wildman–Crippen LogP) is 17.3. The van der Waals surface area contributed by atoms with Crippen molar-refractivity contribution in [2.75, 3.05) is 33.8 Å². The number of aromatic nitrogens is 7. The average Bonchev–Trinajstić information content (AvgIpc) is 1.71. The van der Waals surface area contributed by atoms with Crippen molar-refractivity contribution in [3.63, 3.8) is 0 Å². The second-order valence-corrected chi connectivity index (χ2v) is 24.4. The standard InChI is InChI=1S/C17H13ClN6OS.C17H12ClN3OS.C15H11ClN2OS.C8H6BrClO.C8H9NOS.C2H2ClN.N3.Na.H2/c18-14-4-2-1-3-13(14)15-10-26-17(20-15)19-11-5-7-12(8-6-11)25-9-16-21-23-24-22-16;18-15-4-2-1-3-14(15)16-11-23-17(21-16)20-12-5-7-13(8-6-12)22-10-9-19;16-13-4-2-1-3-12(13)14-9-20-15(18-14)17-10-5-7-11(19)8-6-10;9-5-8(11)6-3-1-2-4-7(6)10;9-8(11)5-6-1-3-7(10)4-2-6;3-1-2-4;1-3-2;;/h1-8,10H,9H2,(H,19,20)(H,21,22,23,24);1-8,11H,10H2,(H,20,21);1-9,19H,(H,17,18);1-4H,5H2;1-4,10H,5H2,(H2,9,11);1H2;;;1H/q;;;;;;-1;+1;/i;;;;;;;;1+1. The van der Waals surface area contributed by atoms with E-state index >= 15 is 0 Å². The SMILES string of the molecule is Clc1ccccc1-c1csc(Nc2ccc(OCc3nn[nH]n3)cc2)n1.N#CCCl.N#CCOc1ccc(Nc2nc(-c3ccccc3Cl)cs2)cc1.NC(=S)Cc1ccc(O)cc1.O=C(CBr)c1ccccc1Cl.Oc1ccc(Nc2nc(-c3ccccc3Cl)cs2)cc1.[2HH].[N-]=[N+]=[N-].[Na+]. The third-order valence-corrected chi connectivity index (χ3v) is 16.4. The van der Waals surface area contributed by atoms with E-state index in [0.29, 0.717) is 54.0 Å². The molecule has 0 aliphatic rings. The number of phenolic OH excluding ortho intramolecular Hbond substituents is 2. The van der Waals surface area contributed by atoms with Crippen LogP contribution in [-0.4, -0.2) is 74.4 Å². The van der Waals surface area contributed by atoms with Gasteiger partial charge < -0.3 is 52.4 Å². The molecule has 99 heavy (non-hydrogen) atoms. The largest absolute Gasteiger partial charge is 1.00 e. The van der Waals surface area contributed by atoms with E-state index in [0.717, 1.165) is 77.5 Å². The predicted molar refractivity (Wildman–Crippen MR) is 405 cm³/mol. The minimum Gasteiger partial charge on any atom is -0.508 e. The summed E-state index contributed by atoms with van der Waals surface area (Å²) >= 11 is 41.5. The van der Waals surface area contributed by atoms with E-state index in [4.69, 9.17) is 112 Å². The van der Waals surface area contributed by atoms with Gasteiger partial charge in [0.2, 0.25) is 5.82 Å². The van der Waals surface area contributed by atoms with Crippen molar-refractivity contribution >= 4 is 163 Å². The first-order chi connectivity index (χ1) is 47.5. The van der Waals surface area contributed by atoms with Crippen LogP contribution in [-0.2, 0) is 13.0 Å². The van der Waals surface area contributed by atoms with Gasteiger partial charge >= 0.3 is 29.6 Å². The fraction of sp³-hybridized carbons (Fsp3) is 0.0746. The number of rotatable bonds is 18. The van der Waals surface area contributed by atoms with Crippen LogP contribution in [0.3, 0.4) is 0 Å². The molecule has 8 N–H and O–H groups in total. The van der Waals surface area contributed by atoms with Gasteiger partial charge in [0.25, 0.3) is 0 Å². The van der Waals surface area contributed by atoms with Gasteiger partial charge in [0.15, 0.2) is 34.4 Å². The van der Waals surface area contributed by atoms with Crippen LogP contribution in [0.4, 0.5) is 32.5 Å². The van der Waals surface area contributed by atoms with Gasteiger partial charge in [0.05, 0.1) is 38.5 Å². The number of nitrogens with zero attached hydrogens (tertiary/aromatic N) is 11. The molecule has 0 amide bonds. The number of nitrogens with two attached hydrogens (primary N) is 1. The summed E-state index contributed by atoms with van der Waals surface area (Å²) in [6.45, 7) is 0.303. The maximum atomic E-state index is 11.1. The number of alkyl halides is 2. The summed E-state index contributed by atoms with van der Waals surface area (Å²) in [7, 11) is 0. The number of ether oxygens (including phenoxy) is 2. The molecule has 0 unspecified atom stereocenters. The number of anilines is 6. The van der Waals surface area contributed by atoms with Crippen molar-refractivity contribution < 1.29 is 55.5 Å². The molecule has 8 aromatic carbocycles. The summed E-state index contributed by atoms with van der Waals surface area (Å²) in [4.78, 5) is 26.7. The second kappa shape index (κ2) is 44.9. The van der Waals surface area contributed by atoms with Crippen molar-refractivity contribution in [3.05, 3.63) is 263 Å². The van der Waals surface area contributed by atoms with Gasteiger partial charge in [-0.25, -0.2) is 15.0 Å². The molecule has 0 aliphatic heterocycles. The Labute approximate surface area is 643 Å². The van der Waals surface area contributed by atoms with Crippen LogP contribution in [0.15, 0.2) is 210 Å². The minimum atomic E-state index is 0. The number of nitrogens with one attached hydrogen (secondary N) is 4. The van der Waals surface area contributed by atoms with Crippen molar-refractivity contribution in [2.24, 2.45) is 5.73 Å². The van der Waals surface area contributed by atoms with Crippen LogP contribution in [0, 0.1) is 22.7 Å². The number of H-pyrrole nitrogens is 1. The Bertz CT molecular complexity index is 4560. The number of carbonyl (C=O) groups excluding carboxylic acids is 1. The summed E-state index contributed by atoms with van der Waals surface area (Å²) in [6, 6.07) is 62.2. The van der Waals surface area contributed by atoms with Gasteiger partial charge in [-0.05, 0) is 121 Å². The molecular formula is C67H55BrCl5N16NaO5S4. The molecule has 0 atom stereocenters. The number of thiazole rings is 3. The molecule has 32 heteroatoms. The summed E-state index contributed by atoms with van der Waals surface area (Å²) in [6.07, 6.45) is 0.593. The number of halogens is 6. The summed E-state index contributed by atoms with van der Waals surface area (Å²) < 4.78 is 10.8. The minimum absolute atomic E-state index is 0. The number of ketones is 1. The Morgan fingerprint density at radius 3 is 1.33 bits per heavy atom. The van der Waals surface area contributed by atoms with Gasteiger partial charge in [0.1, 0.15) is 34.9 Å². The maximum absolute atomic E-state index is 11.1. The van der Waals surface area contributed by atoms with Gasteiger partial charge in [-0.2, -0.15) is 15.7 Å². The molecule has 12 rings (SSSR count). The van der Waals surface area contributed by atoms with Crippen LogP contribution < -0.4 is 60.7 Å². The zero-order valence-electron chi connectivity index (χ0n) is 51.8. The molecule has 500 valence electrons. The van der Waals surface area contributed by atoms with E-state index < -0.39 is 0 Å². The quantitative estimate of drug-likeness (QED) is 0.00613. The first-order valence-corrected chi connectivity index (χ1v) is 34.3. The molecule has 0 fully saturated rings. The Balaban J connectivity index is 0.000000266. The molecule has 0 spiro atoms. The Kier molecular flexibility index (Phi) is 36.6. The summed E-state index contributed by atoms with van der Waals surface area (Å²) in [5, 5.41) is 68.6. The van der Waals surface area contributed by atoms with Crippen LogP contribution in [0.1, 0.15) is 23.2 Å². The third-order valence-electron chi connectivity index (χ3n) is 12.0. The molecule has 21 nitrogen and oxygen atoms in total. The number of nitriles is 2. The number of tetrazole rings is 1. The van der Waals surface area contributed by atoms with Crippen LogP contribution in [0.25, 0.3) is 49.7 Å². The number of benzene rings is 8. The van der Waals surface area contributed by atoms with Crippen molar-refractivity contribution in [1.82, 2.24) is 35.6 Å². The van der Waals surface area contributed by atoms with Crippen molar-refractivity contribution in [2.45, 2.75) is 13.0 Å². The number of aromatic hydroxyl groups is 2. The number of hydrogen-bond acceptors (Lipinski definition) is 20. The first kappa shape index (κ1) is 80.8. The van der Waals surface area contributed by atoms with E-state index in [-0.39, 0.29) is 67.4 Å². The van der Waals surface area contributed by atoms with Gasteiger partial charge in [0, 0.05) is 78.4 Å². The number of phenols is 2. The number of Topliss-reactive ketones (excluding diaryl/α,β-unsaturated/α-hetero) is 1. The van der Waals surface area contributed by atoms with E-state index in [1.807, 2.05) is 144 Å². The molecule has 0 aliphatic carbocycles. The van der Waals surface area contributed by atoms with Crippen molar-refractivity contribution in [3.8, 4) is 68.9 Å².